The van der Waals surface area contributed by atoms with Crippen molar-refractivity contribution >= 4 is 11.3 Å². The van der Waals surface area contributed by atoms with Crippen LogP contribution in [-0.4, -0.2) is 0 Å². The van der Waals surface area contributed by atoms with Gasteiger partial charge >= 0.3 is 0 Å². The second kappa shape index (κ2) is 2.27. The van der Waals surface area contributed by atoms with E-state index in [-0.39, 0.29) is 5.13 Å². The minimum Gasteiger partial charge on any atom is -0.195 e. The van der Waals surface area contributed by atoms with E-state index in [9.17, 15) is 4.39 Å². The van der Waals surface area contributed by atoms with Gasteiger partial charge in [-0.3, -0.25) is 0 Å². The lowest BCUT2D eigenvalue weighted by molar-refractivity contribution is 0.657. The number of hydrogen-bond donors (Lipinski definition) is 0. The van der Waals surface area contributed by atoms with Crippen molar-refractivity contribution < 1.29 is 4.39 Å². The van der Waals surface area contributed by atoms with Gasteiger partial charge in [-0.15, -0.1) is 11.3 Å². The van der Waals surface area contributed by atoms with Crippen molar-refractivity contribution in [2.75, 3.05) is 0 Å². The standard InChI is InChI=1S/C6H7FS/c1-2-5-3-4-6(7)8-5/h3-4H,2H2,1H3. The van der Waals surface area contributed by atoms with Gasteiger partial charge in [0, 0.05) is 4.88 Å². The average Bonchev–Trinajstić information content (AvgIpc) is 2.14. The molecular formula is C6H7FS. The third kappa shape index (κ3) is 1.07. The largest absolute Gasteiger partial charge is 0.195 e. The summed E-state index contributed by atoms with van der Waals surface area (Å²) in [4.78, 5) is 1.11. The first-order valence-corrected chi connectivity index (χ1v) is 3.39. The Morgan fingerprint density at radius 1 is 1.62 bits per heavy atom. The zero-order valence-electron chi connectivity index (χ0n) is 4.65. The molecule has 1 heterocycles. The molecule has 0 aliphatic heterocycles. The summed E-state index contributed by atoms with van der Waals surface area (Å²) in [6, 6.07) is 3.32. The molecular weight excluding hydrogens is 123 g/mol. The lowest BCUT2D eigenvalue weighted by Gasteiger charge is -1.79. The van der Waals surface area contributed by atoms with Crippen LogP contribution >= 0.6 is 11.3 Å². The lowest BCUT2D eigenvalue weighted by Crippen LogP contribution is -1.63. The summed E-state index contributed by atoms with van der Waals surface area (Å²) in [7, 11) is 0. The van der Waals surface area contributed by atoms with E-state index in [2.05, 4.69) is 0 Å². The van der Waals surface area contributed by atoms with E-state index in [1.807, 2.05) is 13.0 Å². The van der Waals surface area contributed by atoms with E-state index in [4.69, 9.17) is 0 Å². The monoisotopic (exact) mass is 130 g/mol. The fraction of sp³-hybridized carbons (Fsp3) is 0.333. The predicted molar refractivity (Wildman–Crippen MR) is 33.7 cm³/mol. The van der Waals surface area contributed by atoms with Gasteiger partial charge in [-0.2, -0.15) is 4.39 Å². The topological polar surface area (TPSA) is 0 Å². The molecule has 0 amide bonds. The van der Waals surface area contributed by atoms with Crippen molar-refractivity contribution in [3.8, 4) is 0 Å². The Kier molecular flexibility index (Phi) is 1.63. The number of hydrogen-bond acceptors (Lipinski definition) is 1. The summed E-state index contributed by atoms with van der Waals surface area (Å²) in [5.74, 6) is 0. The molecule has 0 radical (unpaired) electrons. The summed E-state index contributed by atoms with van der Waals surface area (Å²) >= 11 is 1.22. The molecule has 1 aromatic heterocycles. The van der Waals surface area contributed by atoms with E-state index in [1.54, 1.807) is 0 Å². The van der Waals surface area contributed by atoms with Gasteiger partial charge in [0.25, 0.3) is 0 Å². The molecule has 0 saturated heterocycles. The minimum atomic E-state index is -0.0816. The average molecular weight is 130 g/mol. The van der Waals surface area contributed by atoms with E-state index in [0.717, 1.165) is 11.3 Å². The molecule has 44 valence electrons. The summed E-state index contributed by atoms with van der Waals surface area (Å²) in [5, 5.41) is -0.0816. The first-order chi connectivity index (χ1) is 3.83. The summed E-state index contributed by atoms with van der Waals surface area (Å²) in [6.45, 7) is 2.02. The lowest BCUT2D eigenvalue weighted by atomic mass is 10.4. The van der Waals surface area contributed by atoms with Crippen LogP contribution < -0.4 is 0 Å². The number of aryl methyl sites for hydroxylation is 1. The van der Waals surface area contributed by atoms with Crippen LogP contribution in [0.2, 0.25) is 0 Å². The smallest absolute Gasteiger partial charge is 0.176 e. The second-order valence-electron chi connectivity index (χ2n) is 1.56. The van der Waals surface area contributed by atoms with Gasteiger partial charge in [0.05, 0.1) is 0 Å². The first-order valence-electron chi connectivity index (χ1n) is 2.57. The van der Waals surface area contributed by atoms with Gasteiger partial charge in [-0.05, 0) is 18.6 Å². The van der Waals surface area contributed by atoms with Crippen LogP contribution in [0.3, 0.4) is 0 Å². The molecule has 1 rings (SSSR count). The quantitative estimate of drug-likeness (QED) is 0.547. The number of thiophene rings is 1. The molecule has 0 nitrogen and oxygen atoms in total. The highest BCUT2D eigenvalue weighted by Gasteiger charge is 1.92. The van der Waals surface area contributed by atoms with E-state index >= 15 is 0 Å². The fourth-order valence-corrected chi connectivity index (χ4v) is 1.21. The van der Waals surface area contributed by atoms with Crippen LogP contribution in [0, 0.1) is 5.13 Å². The van der Waals surface area contributed by atoms with Crippen molar-refractivity contribution in [2.45, 2.75) is 13.3 Å². The number of halogens is 1. The Bertz CT molecular complexity index is 169. The van der Waals surface area contributed by atoms with Gasteiger partial charge in [-0.1, -0.05) is 6.92 Å². The van der Waals surface area contributed by atoms with Gasteiger partial charge < -0.3 is 0 Å². The molecule has 0 unspecified atom stereocenters. The zero-order chi connectivity index (χ0) is 5.98. The van der Waals surface area contributed by atoms with Crippen LogP contribution in [0.4, 0.5) is 4.39 Å². The van der Waals surface area contributed by atoms with Crippen LogP contribution in [0.1, 0.15) is 11.8 Å². The Morgan fingerprint density at radius 3 is 2.62 bits per heavy atom. The van der Waals surface area contributed by atoms with E-state index < -0.39 is 0 Å². The Morgan fingerprint density at radius 2 is 2.38 bits per heavy atom. The van der Waals surface area contributed by atoms with Crippen molar-refractivity contribution in [1.82, 2.24) is 0 Å². The van der Waals surface area contributed by atoms with Gasteiger partial charge in [0.1, 0.15) is 0 Å². The zero-order valence-corrected chi connectivity index (χ0v) is 5.46. The molecule has 0 atom stereocenters. The van der Waals surface area contributed by atoms with E-state index in [1.165, 1.54) is 17.4 Å². The highest BCUT2D eigenvalue weighted by molar-refractivity contribution is 7.10. The third-order valence-corrected chi connectivity index (χ3v) is 2.00. The molecule has 0 aliphatic carbocycles. The fourth-order valence-electron chi connectivity index (χ4n) is 0.542. The Hall–Kier alpha value is -0.370. The molecule has 1 aromatic rings. The van der Waals surface area contributed by atoms with Gasteiger partial charge in [0.2, 0.25) is 0 Å². The highest BCUT2D eigenvalue weighted by atomic mass is 32.1. The summed E-state index contributed by atoms with van der Waals surface area (Å²) < 4.78 is 12.1. The predicted octanol–water partition coefficient (Wildman–Crippen LogP) is 2.45. The second-order valence-corrected chi connectivity index (χ2v) is 2.68. The normalized spacial score (nSPS) is 9.75. The summed E-state index contributed by atoms with van der Waals surface area (Å²) in [5.41, 5.74) is 0. The molecule has 2 heteroatoms. The van der Waals surface area contributed by atoms with Gasteiger partial charge in [-0.25, -0.2) is 0 Å². The van der Waals surface area contributed by atoms with Crippen molar-refractivity contribution in [1.29, 1.82) is 0 Å². The van der Waals surface area contributed by atoms with Crippen LogP contribution in [0.5, 0.6) is 0 Å². The molecule has 0 aliphatic rings. The maximum Gasteiger partial charge on any atom is 0.176 e. The molecule has 0 N–H and O–H groups in total. The SMILES string of the molecule is CCc1ccc(F)s1. The van der Waals surface area contributed by atoms with Crippen LogP contribution in [0.25, 0.3) is 0 Å². The Balaban J connectivity index is 2.84. The van der Waals surface area contributed by atoms with Crippen molar-refractivity contribution in [2.24, 2.45) is 0 Å². The maximum atomic E-state index is 12.1. The van der Waals surface area contributed by atoms with Crippen LogP contribution in [0.15, 0.2) is 12.1 Å². The molecule has 0 fully saturated rings. The Labute approximate surface area is 52.0 Å². The van der Waals surface area contributed by atoms with Crippen molar-refractivity contribution in [3.63, 3.8) is 0 Å². The molecule has 8 heavy (non-hydrogen) atoms. The number of rotatable bonds is 1. The third-order valence-electron chi connectivity index (χ3n) is 0.977. The van der Waals surface area contributed by atoms with Crippen LogP contribution in [-0.2, 0) is 6.42 Å². The maximum absolute atomic E-state index is 12.1. The molecule has 0 spiro atoms. The molecule has 0 saturated carbocycles. The minimum absolute atomic E-state index is 0.0816. The molecule has 0 aromatic carbocycles. The highest BCUT2D eigenvalue weighted by Crippen LogP contribution is 2.13. The summed E-state index contributed by atoms with van der Waals surface area (Å²) in [6.07, 6.45) is 0.939. The first kappa shape index (κ1) is 5.76. The van der Waals surface area contributed by atoms with Gasteiger partial charge in [0.15, 0.2) is 5.13 Å². The van der Waals surface area contributed by atoms with Crippen molar-refractivity contribution in [3.05, 3.63) is 22.1 Å². The van der Waals surface area contributed by atoms with E-state index in [0.29, 0.717) is 0 Å². The molecule has 0 bridgehead atoms.